The van der Waals surface area contributed by atoms with Crippen LogP contribution in [0.3, 0.4) is 0 Å². The van der Waals surface area contributed by atoms with E-state index in [1.807, 2.05) is 14.1 Å². The number of carbonyl (C=O) groups is 1. The van der Waals surface area contributed by atoms with Crippen LogP contribution in [0, 0.1) is 4.77 Å². The molecule has 0 spiro atoms. The van der Waals surface area contributed by atoms with Crippen LogP contribution in [0.25, 0.3) is 0 Å². The van der Waals surface area contributed by atoms with E-state index in [4.69, 9.17) is 17.3 Å². The van der Waals surface area contributed by atoms with E-state index >= 15 is 0 Å². The van der Waals surface area contributed by atoms with Gasteiger partial charge in [0.15, 0.2) is 10.8 Å². The van der Waals surface area contributed by atoms with Gasteiger partial charge in [-0.3, -0.25) is 0 Å². The second-order valence-electron chi connectivity index (χ2n) is 4.22. The van der Waals surface area contributed by atoms with Crippen molar-refractivity contribution in [3.05, 3.63) is 16.7 Å². The molecule has 1 aromatic rings. The molecular formula is C9H16N3O2S+. The second kappa shape index (κ2) is 4.16. The number of likely N-dealkylation sites (N-methyl/N-ethyl adjacent to an activating group) is 1. The van der Waals surface area contributed by atoms with Gasteiger partial charge in [0.1, 0.15) is 6.54 Å². The molecule has 1 rings (SSSR count). The van der Waals surface area contributed by atoms with E-state index in [-0.39, 0.29) is 0 Å². The third-order valence-electron chi connectivity index (χ3n) is 2.64. The summed E-state index contributed by atoms with van der Waals surface area (Å²) in [6.45, 7) is 2.30. The van der Waals surface area contributed by atoms with Crippen molar-refractivity contribution in [2.24, 2.45) is 0 Å². The Kier molecular flexibility index (Phi) is 3.31. The van der Waals surface area contributed by atoms with E-state index < -0.39 is 12.0 Å². The highest BCUT2D eigenvalue weighted by Gasteiger charge is 2.30. The molecule has 6 heteroatoms. The zero-order valence-electron chi connectivity index (χ0n) is 9.07. The van der Waals surface area contributed by atoms with Crippen LogP contribution in [-0.4, -0.2) is 45.7 Å². The van der Waals surface area contributed by atoms with Crippen molar-refractivity contribution >= 4 is 18.2 Å². The lowest BCUT2D eigenvalue weighted by Crippen LogP contribution is -2.50. The Hall–Kier alpha value is -1.14. The first-order valence-corrected chi connectivity index (χ1v) is 5.06. The number of H-pyrrole nitrogens is 2. The molecule has 0 saturated heterocycles. The Morgan fingerprint density at radius 1 is 1.67 bits per heavy atom. The van der Waals surface area contributed by atoms with E-state index in [2.05, 4.69) is 9.97 Å². The van der Waals surface area contributed by atoms with Gasteiger partial charge in [-0.25, -0.2) is 4.79 Å². The van der Waals surface area contributed by atoms with Crippen LogP contribution in [0.15, 0.2) is 6.20 Å². The van der Waals surface area contributed by atoms with Crippen LogP contribution in [0.5, 0.6) is 0 Å². The third kappa shape index (κ3) is 2.90. The summed E-state index contributed by atoms with van der Waals surface area (Å²) in [5, 5.41) is 8.95. The van der Waals surface area contributed by atoms with E-state index in [1.165, 1.54) is 0 Å². The summed E-state index contributed by atoms with van der Waals surface area (Å²) in [5.74, 6) is -0.797. The Balaban J connectivity index is 2.80. The highest BCUT2D eigenvalue weighted by molar-refractivity contribution is 7.71. The number of aromatic amines is 2. The quantitative estimate of drug-likeness (QED) is 0.536. The molecule has 5 nitrogen and oxygen atoms in total. The fourth-order valence-corrected chi connectivity index (χ4v) is 1.52. The first kappa shape index (κ1) is 11.9. The number of aromatic nitrogens is 2. The third-order valence-corrected chi connectivity index (χ3v) is 2.86. The number of carboxylic acids is 1. The van der Waals surface area contributed by atoms with Crippen LogP contribution in [0.1, 0.15) is 12.6 Å². The van der Waals surface area contributed by atoms with E-state index in [9.17, 15) is 4.79 Å². The number of rotatable bonds is 4. The molecule has 0 radical (unpaired) electrons. The van der Waals surface area contributed by atoms with Crippen LogP contribution >= 0.6 is 12.2 Å². The van der Waals surface area contributed by atoms with Crippen molar-refractivity contribution in [1.82, 2.24) is 9.97 Å². The maximum absolute atomic E-state index is 10.9. The van der Waals surface area contributed by atoms with Gasteiger partial charge in [0, 0.05) is 6.20 Å². The molecule has 0 aliphatic carbocycles. The molecule has 0 aliphatic rings. The van der Waals surface area contributed by atoms with Crippen molar-refractivity contribution in [2.45, 2.75) is 19.5 Å². The maximum Gasteiger partial charge on any atom is 0.362 e. The highest BCUT2D eigenvalue weighted by Crippen LogP contribution is 2.12. The predicted octanol–water partition coefficient (Wildman–Crippen LogP) is 1.12. The van der Waals surface area contributed by atoms with Crippen molar-refractivity contribution in [3.63, 3.8) is 0 Å². The molecule has 0 saturated carbocycles. The fraction of sp³-hybridized carbons (Fsp3) is 0.556. The SMILES string of the molecule is C[C@@H](C(=O)O)[N+](C)(C)Cc1c[nH]c(=S)[nH]1. The van der Waals surface area contributed by atoms with Crippen molar-refractivity contribution in [3.8, 4) is 0 Å². The molecule has 1 atom stereocenters. The van der Waals surface area contributed by atoms with Crippen LogP contribution < -0.4 is 0 Å². The minimum Gasteiger partial charge on any atom is -0.477 e. The second-order valence-corrected chi connectivity index (χ2v) is 4.63. The van der Waals surface area contributed by atoms with Gasteiger partial charge < -0.3 is 19.6 Å². The van der Waals surface area contributed by atoms with E-state index in [0.717, 1.165) is 5.69 Å². The summed E-state index contributed by atoms with van der Waals surface area (Å²) in [6, 6.07) is -0.457. The number of carboxylic acid groups (broad SMARTS) is 1. The molecule has 0 fully saturated rings. The first-order valence-electron chi connectivity index (χ1n) is 4.65. The number of nitrogens with one attached hydrogen (secondary N) is 2. The molecule has 0 aromatic carbocycles. The number of nitrogens with zero attached hydrogens (tertiary/aromatic N) is 1. The van der Waals surface area contributed by atoms with Gasteiger partial charge in [0.2, 0.25) is 0 Å². The fourth-order valence-electron chi connectivity index (χ4n) is 1.33. The summed E-state index contributed by atoms with van der Waals surface area (Å²) in [6.07, 6.45) is 1.77. The number of aliphatic carboxylic acids is 1. The van der Waals surface area contributed by atoms with Gasteiger partial charge in [0.05, 0.1) is 19.8 Å². The molecule has 3 N–H and O–H groups in total. The molecule has 15 heavy (non-hydrogen) atoms. The average Bonchev–Trinajstić information content (AvgIpc) is 2.48. The summed E-state index contributed by atoms with van der Waals surface area (Å²) >= 11 is 4.90. The number of hydrogen-bond donors (Lipinski definition) is 3. The van der Waals surface area contributed by atoms with Gasteiger partial charge >= 0.3 is 5.97 Å². The summed E-state index contributed by atoms with van der Waals surface area (Å²) in [7, 11) is 3.76. The number of imidazole rings is 1. The van der Waals surface area contributed by atoms with Gasteiger partial charge in [0.25, 0.3) is 0 Å². The zero-order chi connectivity index (χ0) is 11.6. The lowest BCUT2D eigenvalue weighted by Gasteiger charge is -2.32. The summed E-state index contributed by atoms with van der Waals surface area (Å²) in [5.41, 5.74) is 0.915. The molecular weight excluding hydrogens is 214 g/mol. The van der Waals surface area contributed by atoms with Gasteiger partial charge in [-0.05, 0) is 19.1 Å². The van der Waals surface area contributed by atoms with Crippen molar-refractivity contribution < 1.29 is 14.4 Å². The highest BCUT2D eigenvalue weighted by atomic mass is 32.1. The minimum absolute atomic E-state index is 0.373. The lowest BCUT2D eigenvalue weighted by molar-refractivity contribution is -0.918. The van der Waals surface area contributed by atoms with E-state index in [1.54, 1.807) is 13.1 Å². The molecule has 1 aromatic heterocycles. The number of quaternary nitrogens is 1. The predicted molar refractivity (Wildman–Crippen MR) is 58.9 cm³/mol. The first-order chi connectivity index (χ1) is 6.83. The Morgan fingerprint density at radius 2 is 2.27 bits per heavy atom. The smallest absolute Gasteiger partial charge is 0.362 e. The van der Waals surface area contributed by atoms with Crippen LogP contribution in [0.2, 0.25) is 0 Å². The van der Waals surface area contributed by atoms with Gasteiger partial charge in [-0.1, -0.05) is 0 Å². The lowest BCUT2D eigenvalue weighted by atomic mass is 10.2. The van der Waals surface area contributed by atoms with E-state index in [0.29, 0.717) is 15.8 Å². The maximum atomic E-state index is 10.9. The topological polar surface area (TPSA) is 68.9 Å². The van der Waals surface area contributed by atoms with Crippen LogP contribution in [0.4, 0.5) is 0 Å². The monoisotopic (exact) mass is 230 g/mol. The molecule has 84 valence electrons. The molecule has 0 bridgehead atoms. The van der Waals surface area contributed by atoms with Crippen molar-refractivity contribution in [2.75, 3.05) is 14.1 Å². The zero-order valence-corrected chi connectivity index (χ0v) is 9.89. The number of hydrogen-bond acceptors (Lipinski definition) is 2. The minimum atomic E-state index is -0.797. The normalized spacial score (nSPS) is 13.8. The molecule has 1 heterocycles. The largest absolute Gasteiger partial charge is 0.477 e. The molecule has 0 aliphatic heterocycles. The summed E-state index contributed by atoms with van der Waals surface area (Å²) < 4.78 is 0.936. The Morgan fingerprint density at radius 3 is 2.67 bits per heavy atom. The molecule has 0 amide bonds. The molecule has 0 unspecified atom stereocenters. The van der Waals surface area contributed by atoms with Gasteiger partial charge in [-0.15, -0.1) is 0 Å². The van der Waals surface area contributed by atoms with Gasteiger partial charge in [-0.2, -0.15) is 0 Å². The Labute approximate surface area is 93.3 Å². The standard InChI is InChI=1S/C9H15N3O2S/c1-6(8(13)14)12(2,3)5-7-4-10-9(15)11-7/h4,6H,5H2,1-3H3,(H2-,10,11,13,14,15)/p+1/t6-/m0/s1. The summed E-state index contributed by atoms with van der Waals surface area (Å²) in [4.78, 5) is 16.7. The Bertz CT molecular complexity index is 407. The average molecular weight is 230 g/mol. The van der Waals surface area contributed by atoms with Crippen molar-refractivity contribution in [1.29, 1.82) is 0 Å². The van der Waals surface area contributed by atoms with Crippen LogP contribution in [-0.2, 0) is 11.3 Å².